The maximum atomic E-state index is 14.8. The summed E-state index contributed by atoms with van der Waals surface area (Å²) in [6.45, 7) is 6.81. The molecule has 0 saturated carbocycles. The number of carbonyl (C=O) groups is 1. The van der Waals surface area contributed by atoms with Gasteiger partial charge in [0.15, 0.2) is 5.75 Å². The van der Waals surface area contributed by atoms with Gasteiger partial charge in [0.25, 0.3) is 21.7 Å². The maximum Gasteiger partial charge on any atom is 0.298 e. The molecule has 0 radical (unpaired) electrons. The van der Waals surface area contributed by atoms with Crippen LogP contribution in [0.15, 0.2) is 41.2 Å². The molecule has 2 aromatic carbocycles. The Kier molecular flexibility index (Phi) is 9.20. The quantitative estimate of drug-likeness (QED) is 0.245. The number of hydrogen-bond donors (Lipinski definition) is 4. The SMILES string of the molecule is CNS(=O)(=O)Nc1cccc(Oc2c(C(=O)NC(C)(C)C)c(Nc3ccc(I)cc3F)n(C)c(=O)c2C)c1Cl. The number of benzene rings is 2. The molecular formula is C25H28ClFIN5O5S. The summed E-state index contributed by atoms with van der Waals surface area (Å²) in [6.07, 6.45) is 0. The Morgan fingerprint density at radius 2 is 1.82 bits per heavy atom. The molecular weight excluding hydrogens is 664 g/mol. The van der Waals surface area contributed by atoms with Crippen LogP contribution in [0.2, 0.25) is 5.02 Å². The highest BCUT2D eigenvalue weighted by molar-refractivity contribution is 14.1. The molecule has 3 aromatic rings. The fourth-order valence-corrected chi connectivity index (χ4v) is 4.78. The lowest BCUT2D eigenvalue weighted by Gasteiger charge is -2.25. The van der Waals surface area contributed by atoms with Crippen LogP contribution in [-0.2, 0) is 17.3 Å². The average Bonchev–Trinajstić information content (AvgIpc) is 2.83. The van der Waals surface area contributed by atoms with Crippen molar-refractivity contribution in [3.63, 3.8) is 0 Å². The topological polar surface area (TPSA) is 131 Å². The minimum atomic E-state index is -3.90. The van der Waals surface area contributed by atoms with Gasteiger partial charge in [-0.05, 0) is 80.6 Å². The van der Waals surface area contributed by atoms with E-state index >= 15 is 0 Å². The van der Waals surface area contributed by atoms with Crippen LogP contribution in [0.1, 0.15) is 36.7 Å². The summed E-state index contributed by atoms with van der Waals surface area (Å²) in [4.78, 5) is 26.9. The lowest BCUT2D eigenvalue weighted by molar-refractivity contribution is 0.0917. The van der Waals surface area contributed by atoms with Gasteiger partial charge in [0, 0.05) is 23.2 Å². The number of rotatable bonds is 8. The van der Waals surface area contributed by atoms with E-state index in [9.17, 15) is 22.4 Å². The Bertz CT molecular complexity index is 1610. The van der Waals surface area contributed by atoms with Crippen LogP contribution < -0.4 is 30.4 Å². The van der Waals surface area contributed by atoms with Crippen LogP contribution in [0.25, 0.3) is 0 Å². The van der Waals surface area contributed by atoms with Gasteiger partial charge in [0.1, 0.15) is 28.0 Å². The summed E-state index contributed by atoms with van der Waals surface area (Å²) in [5.41, 5.74) is -1.17. The summed E-state index contributed by atoms with van der Waals surface area (Å²) in [6, 6.07) is 8.82. The monoisotopic (exact) mass is 691 g/mol. The van der Waals surface area contributed by atoms with Gasteiger partial charge in [0.05, 0.1) is 16.9 Å². The van der Waals surface area contributed by atoms with Crippen molar-refractivity contribution in [2.45, 2.75) is 33.2 Å². The minimum absolute atomic E-state index is 0.00463. The Morgan fingerprint density at radius 3 is 2.41 bits per heavy atom. The minimum Gasteiger partial charge on any atom is -0.454 e. The van der Waals surface area contributed by atoms with Crippen LogP contribution in [0.3, 0.4) is 0 Å². The van der Waals surface area contributed by atoms with Crippen molar-refractivity contribution in [1.82, 2.24) is 14.6 Å². The molecule has 0 spiro atoms. The summed E-state index contributed by atoms with van der Waals surface area (Å²) in [7, 11) is -1.23. The molecule has 0 saturated heterocycles. The lowest BCUT2D eigenvalue weighted by Crippen LogP contribution is -2.41. The maximum absolute atomic E-state index is 14.8. The third-order valence-electron chi connectivity index (χ3n) is 5.35. The molecule has 1 heterocycles. The van der Waals surface area contributed by atoms with Crippen LogP contribution in [0, 0.1) is 16.3 Å². The van der Waals surface area contributed by atoms with Gasteiger partial charge >= 0.3 is 0 Å². The number of nitrogens with one attached hydrogen (secondary N) is 4. The normalized spacial score (nSPS) is 11.7. The van der Waals surface area contributed by atoms with Crippen LogP contribution in [0.5, 0.6) is 11.5 Å². The fourth-order valence-electron chi connectivity index (χ4n) is 3.49. The Hall–Kier alpha value is -2.88. The van der Waals surface area contributed by atoms with E-state index in [0.29, 0.717) is 3.57 Å². The molecule has 0 atom stereocenters. The molecule has 3 rings (SSSR count). The molecule has 0 aliphatic rings. The van der Waals surface area contributed by atoms with Crippen LogP contribution in [0.4, 0.5) is 21.6 Å². The van der Waals surface area contributed by atoms with E-state index in [1.165, 1.54) is 55.9 Å². The van der Waals surface area contributed by atoms with Crippen molar-refractivity contribution in [2.24, 2.45) is 7.05 Å². The van der Waals surface area contributed by atoms with Crippen molar-refractivity contribution in [2.75, 3.05) is 17.1 Å². The molecule has 1 amide bonds. The van der Waals surface area contributed by atoms with E-state index in [1.807, 2.05) is 22.6 Å². The first-order chi connectivity index (χ1) is 18.0. The first-order valence-electron chi connectivity index (χ1n) is 11.5. The molecule has 0 aliphatic heterocycles. The number of amides is 1. The van der Waals surface area contributed by atoms with E-state index in [-0.39, 0.29) is 44.8 Å². The van der Waals surface area contributed by atoms with Crippen LogP contribution in [-0.4, -0.2) is 31.5 Å². The van der Waals surface area contributed by atoms with E-state index in [1.54, 1.807) is 26.8 Å². The number of hydrogen-bond acceptors (Lipinski definition) is 6. The van der Waals surface area contributed by atoms with Crippen molar-refractivity contribution in [3.8, 4) is 11.5 Å². The van der Waals surface area contributed by atoms with Crippen LogP contribution >= 0.6 is 34.2 Å². The summed E-state index contributed by atoms with van der Waals surface area (Å²) in [5, 5.41) is 5.61. The molecule has 10 nitrogen and oxygen atoms in total. The first kappa shape index (κ1) is 30.7. The van der Waals surface area contributed by atoms with E-state index in [2.05, 4.69) is 20.1 Å². The summed E-state index contributed by atoms with van der Waals surface area (Å²) >= 11 is 8.43. The Morgan fingerprint density at radius 1 is 1.15 bits per heavy atom. The highest BCUT2D eigenvalue weighted by Gasteiger charge is 2.29. The van der Waals surface area contributed by atoms with Gasteiger partial charge in [-0.15, -0.1) is 0 Å². The predicted octanol–water partition coefficient (Wildman–Crippen LogP) is 5.03. The molecule has 1 aromatic heterocycles. The molecule has 0 aliphatic carbocycles. The number of carbonyl (C=O) groups excluding carboxylic acids is 1. The number of aromatic nitrogens is 1. The predicted molar refractivity (Wildman–Crippen MR) is 159 cm³/mol. The Balaban J connectivity index is 2.26. The zero-order valence-corrected chi connectivity index (χ0v) is 25.7. The smallest absolute Gasteiger partial charge is 0.298 e. The molecule has 0 unspecified atom stereocenters. The van der Waals surface area contributed by atoms with E-state index < -0.39 is 33.0 Å². The summed E-state index contributed by atoms with van der Waals surface area (Å²) in [5.74, 6) is -1.38. The molecule has 14 heteroatoms. The number of ether oxygens (including phenoxy) is 1. The van der Waals surface area contributed by atoms with Gasteiger partial charge < -0.3 is 15.4 Å². The number of halogens is 3. The molecule has 4 N–H and O–H groups in total. The second kappa shape index (κ2) is 11.7. The first-order valence-corrected chi connectivity index (χ1v) is 14.4. The zero-order valence-electron chi connectivity index (χ0n) is 22.0. The molecule has 0 bridgehead atoms. The number of nitrogens with zero attached hydrogens (tertiary/aromatic N) is 1. The van der Waals surface area contributed by atoms with Crippen molar-refractivity contribution >= 4 is 67.5 Å². The second-order valence-electron chi connectivity index (χ2n) is 9.52. The van der Waals surface area contributed by atoms with Gasteiger partial charge in [-0.1, -0.05) is 17.7 Å². The molecule has 210 valence electrons. The Labute approximate surface area is 244 Å². The average molecular weight is 692 g/mol. The fraction of sp³-hybridized carbons (Fsp3) is 0.280. The standard InChI is InChI=1S/C25H28ClFIN5O5S/c1-13-21(38-18-9-7-8-17(20(18)26)32-39(36,37)29-5)19(23(34)31-25(2,3)4)22(33(6)24(13)35)30-16-11-10-14(28)12-15(16)27/h7-12,29-30,32H,1-6H3,(H,31,34). The third-order valence-corrected chi connectivity index (χ3v) is 7.44. The van der Waals surface area contributed by atoms with Gasteiger partial charge in [-0.3, -0.25) is 18.9 Å². The van der Waals surface area contributed by atoms with E-state index in [0.717, 1.165) is 0 Å². The van der Waals surface area contributed by atoms with Gasteiger partial charge in [0.2, 0.25) is 0 Å². The second-order valence-corrected chi connectivity index (χ2v) is 12.8. The zero-order chi connectivity index (χ0) is 29.3. The number of anilines is 3. The molecule has 39 heavy (non-hydrogen) atoms. The number of pyridine rings is 1. The van der Waals surface area contributed by atoms with Crippen molar-refractivity contribution in [3.05, 3.63) is 72.3 Å². The highest BCUT2D eigenvalue weighted by Crippen LogP contribution is 2.39. The van der Waals surface area contributed by atoms with Gasteiger partial charge in [-0.2, -0.15) is 8.42 Å². The highest BCUT2D eigenvalue weighted by atomic mass is 127. The van der Waals surface area contributed by atoms with Crippen molar-refractivity contribution < 1.29 is 22.3 Å². The largest absolute Gasteiger partial charge is 0.454 e. The van der Waals surface area contributed by atoms with Crippen molar-refractivity contribution in [1.29, 1.82) is 0 Å². The lowest BCUT2D eigenvalue weighted by atomic mass is 10.1. The molecule has 0 fully saturated rings. The van der Waals surface area contributed by atoms with E-state index in [4.69, 9.17) is 16.3 Å². The third kappa shape index (κ3) is 7.21. The van der Waals surface area contributed by atoms with Gasteiger partial charge in [-0.25, -0.2) is 9.11 Å². The summed E-state index contributed by atoms with van der Waals surface area (Å²) < 4.78 is 51.1.